The number of benzene rings is 1. The van der Waals surface area contributed by atoms with Crippen LogP contribution in [-0.2, 0) is 10.2 Å². The lowest BCUT2D eigenvalue weighted by Crippen LogP contribution is -2.39. The summed E-state index contributed by atoms with van der Waals surface area (Å²) in [4.78, 5) is 32.2. The van der Waals surface area contributed by atoms with Crippen LogP contribution in [0.1, 0.15) is 42.8 Å². The van der Waals surface area contributed by atoms with Crippen molar-refractivity contribution < 1.29 is 13.6 Å². The number of carbonyl (C=O) groups is 1. The van der Waals surface area contributed by atoms with Gasteiger partial charge in [0, 0.05) is 10.9 Å². The minimum Gasteiger partial charge on any atom is -0.347 e. The first-order chi connectivity index (χ1) is 13.9. The van der Waals surface area contributed by atoms with Crippen LogP contribution in [-0.4, -0.2) is 15.9 Å². The summed E-state index contributed by atoms with van der Waals surface area (Å²) < 4.78 is 27.8. The Kier molecular flexibility index (Phi) is 4.38. The lowest BCUT2D eigenvalue weighted by molar-refractivity contribution is -0.124. The van der Waals surface area contributed by atoms with Gasteiger partial charge in [0.2, 0.25) is 5.91 Å². The zero-order chi connectivity index (χ0) is 20.8. The van der Waals surface area contributed by atoms with Gasteiger partial charge in [-0.1, -0.05) is 6.07 Å². The molecule has 3 aromatic rings. The standard InChI is InChI=1S/C21H16F2N4O2/c1-11(16-4-2-3-12(10-24)26-16)25-20(29)21(7-8-21)14-9-13-17(27-19(14)28)6-5-15(22)18(13)23/h2-6,9,11H,7-8H2,1H3,(H,25,29)(H,27,28)/t11-/m0/s1. The first-order valence-corrected chi connectivity index (χ1v) is 9.05. The van der Waals surface area contributed by atoms with Gasteiger partial charge in [-0.2, -0.15) is 5.26 Å². The zero-order valence-electron chi connectivity index (χ0n) is 15.4. The smallest absolute Gasteiger partial charge is 0.252 e. The minimum atomic E-state index is -1.10. The van der Waals surface area contributed by atoms with E-state index in [2.05, 4.69) is 15.3 Å². The van der Waals surface area contributed by atoms with Crippen LogP contribution in [0.2, 0.25) is 0 Å². The molecule has 1 saturated carbocycles. The van der Waals surface area contributed by atoms with Crippen molar-refractivity contribution in [2.75, 3.05) is 0 Å². The summed E-state index contributed by atoms with van der Waals surface area (Å²) in [5.41, 5.74) is -0.588. The quantitative estimate of drug-likeness (QED) is 0.711. The van der Waals surface area contributed by atoms with Crippen molar-refractivity contribution in [1.29, 1.82) is 5.26 Å². The molecule has 0 unspecified atom stereocenters. The van der Waals surface area contributed by atoms with Crippen LogP contribution < -0.4 is 10.9 Å². The number of halogens is 2. The number of amides is 1. The molecule has 2 heterocycles. The molecule has 0 spiro atoms. The third kappa shape index (κ3) is 3.14. The summed E-state index contributed by atoms with van der Waals surface area (Å²) in [7, 11) is 0. The first kappa shape index (κ1) is 18.7. The predicted octanol–water partition coefficient (Wildman–Crippen LogP) is 2.98. The number of nitriles is 1. The second-order valence-corrected chi connectivity index (χ2v) is 7.17. The van der Waals surface area contributed by atoms with Gasteiger partial charge in [0.15, 0.2) is 11.6 Å². The number of nitrogens with zero attached hydrogens (tertiary/aromatic N) is 2. The number of hydrogen-bond acceptors (Lipinski definition) is 4. The van der Waals surface area contributed by atoms with Crippen LogP contribution in [0.15, 0.2) is 41.2 Å². The third-order valence-electron chi connectivity index (χ3n) is 5.29. The van der Waals surface area contributed by atoms with E-state index >= 15 is 0 Å². The summed E-state index contributed by atoms with van der Waals surface area (Å²) in [6.07, 6.45) is 0.839. The molecule has 146 valence electrons. The molecule has 1 aromatic carbocycles. The lowest BCUT2D eigenvalue weighted by Gasteiger charge is -2.20. The molecule has 0 saturated heterocycles. The molecule has 1 aliphatic carbocycles. The fraction of sp³-hybridized carbons (Fsp3) is 0.238. The first-order valence-electron chi connectivity index (χ1n) is 9.05. The second-order valence-electron chi connectivity index (χ2n) is 7.17. The molecule has 29 heavy (non-hydrogen) atoms. The summed E-state index contributed by atoms with van der Waals surface area (Å²) >= 11 is 0. The number of fused-ring (bicyclic) bond motifs is 1. The van der Waals surface area contributed by atoms with Crippen molar-refractivity contribution in [3.8, 4) is 6.07 Å². The highest BCUT2D eigenvalue weighted by Crippen LogP contribution is 2.48. The SMILES string of the molecule is C[C@H](NC(=O)C1(c2cc3c(F)c(F)ccc3[nH]c2=O)CC1)c1cccc(C#N)n1. The Labute approximate surface area is 164 Å². The Balaban J connectivity index is 1.67. The fourth-order valence-electron chi connectivity index (χ4n) is 3.48. The van der Waals surface area contributed by atoms with Crippen molar-refractivity contribution in [2.45, 2.75) is 31.2 Å². The van der Waals surface area contributed by atoms with E-state index in [0.717, 1.165) is 6.07 Å². The van der Waals surface area contributed by atoms with Gasteiger partial charge < -0.3 is 10.3 Å². The van der Waals surface area contributed by atoms with Crippen LogP contribution >= 0.6 is 0 Å². The van der Waals surface area contributed by atoms with Crippen molar-refractivity contribution in [3.63, 3.8) is 0 Å². The van der Waals surface area contributed by atoms with Crippen LogP contribution in [0.3, 0.4) is 0 Å². The van der Waals surface area contributed by atoms with Crippen LogP contribution in [0.5, 0.6) is 0 Å². The molecule has 0 radical (unpaired) electrons. The topological polar surface area (TPSA) is 98.6 Å². The van der Waals surface area contributed by atoms with E-state index in [-0.39, 0.29) is 22.2 Å². The van der Waals surface area contributed by atoms with E-state index in [1.54, 1.807) is 25.1 Å². The van der Waals surface area contributed by atoms with E-state index in [1.807, 2.05) is 6.07 Å². The maximum absolute atomic E-state index is 14.2. The van der Waals surface area contributed by atoms with E-state index in [9.17, 15) is 18.4 Å². The van der Waals surface area contributed by atoms with E-state index in [4.69, 9.17) is 5.26 Å². The summed E-state index contributed by atoms with van der Waals surface area (Å²) in [6, 6.07) is 9.85. The van der Waals surface area contributed by atoms with Gasteiger partial charge in [0.1, 0.15) is 11.8 Å². The number of pyridine rings is 2. The largest absolute Gasteiger partial charge is 0.347 e. The Morgan fingerprint density at radius 2 is 2.07 bits per heavy atom. The van der Waals surface area contributed by atoms with Crippen molar-refractivity contribution in [1.82, 2.24) is 15.3 Å². The number of rotatable bonds is 4. The molecule has 4 rings (SSSR count). The number of aromatic nitrogens is 2. The molecule has 1 fully saturated rings. The monoisotopic (exact) mass is 394 g/mol. The molecule has 1 atom stereocenters. The maximum atomic E-state index is 14.2. The average molecular weight is 394 g/mol. The highest BCUT2D eigenvalue weighted by molar-refractivity contribution is 5.93. The average Bonchev–Trinajstić information content (AvgIpc) is 3.52. The van der Waals surface area contributed by atoms with Crippen molar-refractivity contribution in [3.05, 3.63) is 75.3 Å². The molecule has 2 N–H and O–H groups in total. The van der Waals surface area contributed by atoms with Crippen LogP contribution in [0, 0.1) is 23.0 Å². The predicted molar refractivity (Wildman–Crippen MR) is 101 cm³/mol. The molecule has 1 amide bonds. The van der Waals surface area contributed by atoms with Crippen molar-refractivity contribution in [2.24, 2.45) is 0 Å². The van der Waals surface area contributed by atoms with Gasteiger partial charge in [0.25, 0.3) is 5.56 Å². The molecule has 0 aliphatic heterocycles. The van der Waals surface area contributed by atoms with Crippen LogP contribution in [0.4, 0.5) is 8.78 Å². The second kappa shape index (κ2) is 6.78. The molecule has 2 aromatic heterocycles. The fourth-order valence-corrected chi connectivity index (χ4v) is 3.48. The molecule has 8 heteroatoms. The number of H-pyrrole nitrogens is 1. The summed E-state index contributed by atoms with van der Waals surface area (Å²) in [6.45, 7) is 1.72. The maximum Gasteiger partial charge on any atom is 0.252 e. The van der Waals surface area contributed by atoms with Gasteiger partial charge in [-0.3, -0.25) is 9.59 Å². The molecular formula is C21H16F2N4O2. The Morgan fingerprint density at radius 3 is 2.76 bits per heavy atom. The van der Waals surface area contributed by atoms with Gasteiger partial charge >= 0.3 is 0 Å². The highest BCUT2D eigenvalue weighted by Gasteiger charge is 2.53. The number of nitrogens with one attached hydrogen (secondary N) is 2. The molecule has 0 bridgehead atoms. The van der Waals surface area contributed by atoms with Gasteiger partial charge in [0.05, 0.1) is 22.7 Å². The van der Waals surface area contributed by atoms with E-state index in [1.165, 1.54) is 12.1 Å². The van der Waals surface area contributed by atoms with Crippen LogP contribution in [0.25, 0.3) is 10.9 Å². The minimum absolute atomic E-state index is 0.0740. The molecular weight excluding hydrogens is 378 g/mol. The normalized spacial score (nSPS) is 15.5. The van der Waals surface area contributed by atoms with Gasteiger partial charge in [-0.25, -0.2) is 13.8 Å². The molecule has 1 aliphatic rings. The van der Waals surface area contributed by atoms with Gasteiger partial charge in [-0.15, -0.1) is 0 Å². The summed E-state index contributed by atoms with van der Waals surface area (Å²) in [5, 5.41) is 11.7. The summed E-state index contributed by atoms with van der Waals surface area (Å²) in [5.74, 6) is -2.49. The Morgan fingerprint density at radius 1 is 1.31 bits per heavy atom. The Bertz CT molecular complexity index is 1240. The van der Waals surface area contributed by atoms with E-state index in [0.29, 0.717) is 18.5 Å². The van der Waals surface area contributed by atoms with E-state index < -0.39 is 34.6 Å². The third-order valence-corrected chi connectivity index (χ3v) is 5.29. The van der Waals surface area contributed by atoms with Crippen molar-refractivity contribution >= 4 is 16.8 Å². The Hall–Kier alpha value is -3.60. The highest BCUT2D eigenvalue weighted by atomic mass is 19.2. The van der Waals surface area contributed by atoms with Gasteiger partial charge in [-0.05, 0) is 50.1 Å². The zero-order valence-corrected chi connectivity index (χ0v) is 15.4. The number of hydrogen-bond donors (Lipinski definition) is 2. The number of aromatic amines is 1. The molecule has 6 nitrogen and oxygen atoms in total. The number of carbonyl (C=O) groups excluding carboxylic acids is 1. The lowest BCUT2D eigenvalue weighted by atomic mass is 9.94.